The first-order chi connectivity index (χ1) is 4.86. The molecule has 1 atom stereocenters. The highest BCUT2D eigenvalue weighted by Gasteiger charge is 1.96. The van der Waals surface area contributed by atoms with E-state index in [-0.39, 0.29) is 12.4 Å². The van der Waals surface area contributed by atoms with Gasteiger partial charge in [-0.15, -0.1) is 0 Å². The van der Waals surface area contributed by atoms with Gasteiger partial charge in [-0.05, 0) is 6.07 Å². The molecule has 2 nitrogen and oxygen atoms in total. The first-order valence-electron chi connectivity index (χ1n) is 3.16. The van der Waals surface area contributed by atoms with Crippen molar-refractivity contribution < 1.29 is 17.1 Å². The summed E-state index contributed by atoms with van der Waals surface area (Å²) in [6, 6.07) is 4.01. The molecule has 0 fully saturated rings. The maximum atomic E-state index is 4.96. The van der Waals surface area contributed by atoms with Crippen molar-refractivity contribution in [3.63, 3.8) is 0 Å². The number of halogens is 1. The van der Waals surface area contributed by atoms with Crippen LogP contribution in [-0.4, -0.2) is 18.8 Å². The summed E-state index contributed by atoms with van der Waals surface area (Å²) in [5.74, 6) is 0.715. The van der Waals surface area contributed by atoms with E-state index >= 15 is 0 Å². The molecule has 1 aromatic heterocycles. The van der Waals surface area contributed by atoms with Gasteiger partial charge in [0.15, 0.2) is 0 Å². The average Bonchev–Trinajstić information content (AvgIpc) is 2.05. The van der Waals surface area contributed by atoms with Crippen LogP contribution in [0.5, 0.6) is 5.88 Å². The number of pyridine rings is 1. The second-order valence-electron chi connectivity index (χ2n) is 1.92. The Labute approximate surface area is 74.6 Å². The zero-order valence-electron chi connectivity index (χ0n) is 6.54. The van der Waals surface area contributed by atoms with E-state index in [1.807, 2.05) is 12.1 Å². The molecule has 0 aliphatic heterocycles. The Hall–Kier alpha value is -0.330. The van der Waals surface area contributed by atoms with Gasteiger partial charge >= 0.3 is 0 Å². The van der Waals surface area contributed by atoms with E-state index in [2.05, 4.69) is 11.6 Å². The fourth-order valence-electron chi connectivity index (χ4n) is 0.716. The van der Waals surface area contributed by atoms with E-state index in [1.54, 1.807) is 13.3 Å². The minimum absolute atomic E-state index is 0. The Morgan fingerprint density at radius 3 is 2.82 bits per heavy atom. The Morgan fingerprint density at radius 1 is 1.55 bits per heavy atom. The third-order valence-electron chi connectivity index (χ3n) is 1.30. The van der Waals surface area contributed by atoms with Crippen molar-refractivity contribution in [1.82, 2.24) is 4.98 Å². The number of methoxy groups -OCH3 is 1. The summed E-state index contributed by atoms with van der Waals surface area (Å²) in [4.78, 5) is 4.00. The molecule has 0 aliphatic carbocycles. The predicted molar refractivity (Wildman–Crippen MR) is 46.1 cm³/mol. The predicted octanol–water partition coefficient (Wildman–Crippen LogP) is -2.24. The fraction of sp³-hybridized carbons (Fsp3) is 0.286. The summed E-state index contributed by atoms with van der Waals surface area (Å²) < 4.78 is 4.96. The van der Waals surface area contributed by atoms with Crippen LogP contribution in [0, 0.1) is 0 Å². The summed E-state index contributed by atoms with van der Waals surface area (Å²) in [7, 11) is 2.01. The highest BCUT2D eigenvalue weighted by molar-refractivity contribution is 7.46. The molecular formula is C7H11ClNOP. The molecule has 1 rings (SSSR count). The second kappa shape index (κ2) is 5.34. The van der Waals surface area contributed by atoms with Crippen LogP contribution in [0.3, 0.4) is 0 Å². The highest BCUT2D eigenvalue weighted by atomic mass is 35.5. The van der Waals surface area contributed by atoms with E-state index in [0.29, 0.717) is 14.5 Å². The normalized spacial score (nSPS) is 9.64. The molecule has 0 aromatic carbocycles. The summed E-state index contributed by atoms with van der Waals surface area (Å²) in [5, 5.41) is 1.34. The average molecular weight is 192 g/mol. The van der Waals surface area contributed by atoms with Gasteiger partial charge in [0.05, 0.1) is 12.4 Å². The first-order valence-corrected chi connectivity index (χ1v) is 4.89. The molecule has 1 heterocycles. The maximum Gasteiger partial charge on any atom is 0.216 e. The van der Waals surface area contributed by atoms with Crippen LogP contribution in [0.15, 0.2) is 18.3 Å². The molecule has 0 N–H and O–H groups in total. The van der Waals surface area contributed by atoms with Crippen LogP contribution in [0.25, 0.3) is 0 Å². The molecule has 0 aliphatic rings. The van der Waals surface area contributed by atoms with E-state index in [4.69, 9.17) is 4.74 Å². The van der Waals surface area contributed by atoms with Gasteiger partial charge in [-0.25, -0.2) is 4.98 Å². The second-order valence-corrected chi connectivity index (χ2v) is 3.16. The van der Waals surface area contributed by atoms with Gasteiger partial charge in [0.2, 0.25) is 5.88 Å². The number of aromatic nitrogens is 1. The Morgan fingerprint density at radius 2 is 2.27 bits per heavy atom. The minimum Gasteiger partial charge on any atom is -1.00 e. The SMILES string of the molecule is COc1cc([PH2+]C)ccn1.[Cl-]. The van der Waals surface area contributed by atoms with Crippen LogP contribution in [0.1, 0.15) is 0 Å². The van der Waals surface area contributed by atoms with Crippen molar-refractivity contribution in [2.75, 3.05) is 13.8 Å². The lowest BCUT2D eigenvalue weighted by atomic mass is 10.5. The van der Waals surface area contributed by atoms with Gasteiger partial charge in [0.25, 0.3) is 0 Å². The lowest BCUT2D eigenvalue weighted by Gasteiger charge is -1.95. The van der Waals surface area contributed by atoms with Gasteiger partial charge in [-0.3, -0.25) is 0 Å². The van der Waals surface area contributed by atoms with Crippen molar-refractivity contribution >= 4 is 13.9 Å². The van der Waals surface area contributed by atoms with Gasteiger partial charge in [-0.1, -0.05) is 0 Å². The number of ether oxygens (including phenoxy) is 1. The Bertz CT molecular complexity index is 200. The standard InChI is InChI=1S/C7H10NOP.ClH/c1-9-7-5-6(10-2)3-4-8-7;/h3-5,10H,1-2H3;1H. The summed E-state index contributed by atoms with van der Waals surface area (Å²) in [6.07, 6.45) is 1.78. The molecule has 0 saturated heterocycles. The zero-order valence-corrected chi connectivity index (χ0v) is 8.45. The molecule has 0 spiro atoms. The highest BCUT2D eigenvalue weighted by Crippen LogP contribution is 2.07. The van der Waals surface area contributed by atoms with Crippen LogP contribution in [0.2, 0.25) is 0 Å². The van der Waals surface area contributed by atoms with Crippen molar-refractivity contribution in [2.24, 2.45) is 0 Å². The van der Waals surface area contributed by atoms with Crippen molar-refractivity contribution in [3.8, 4) is 5.88 Å². The van der Waals surface area contributed by atoms with E-state index in [9.17, 15) is 0 Å². The van der Waals surface area contributed by atoms with E-state index in [1.165, 1.54) is 5.30 Å². The molecular weight excluding hydrogens is 181 g/mol. The lowest BCUT2D eigenvalue weighted by Crippen LogP contribution is -3.00. The Balaban J connectivity index is 0.000001000. The number of hydrogen-bond donors (Lipinski definition) is 0. The molecule has 1 unspecified atom stereocenters. The quantitative estimate of drug-likeness (QED) is 0.494. The molecule has 62 valence electrons. The van der Waals surface area contributed by atoms with Crippen LogP contribution in [0.4, 0.5) is 0 Å². The third-order valence-corrected chi connectivity index (χ3v) is 2.33. The molecule has 0 amide bonds. The largest absolute Gasteiger partial charge is 1.00 e. The summed E-state index contributed by atoms with van der Waals surface area (Å²) in [6.45, 7) is 2.19. The van der Waals surface area contributed by atoms with Gasteiger partial charge < -0.3 is 17.1 Å². The van der Waals surface area contributed by atoms with Crippen molar-refractivity contribution in [1.29, 1.82) is 0 Å². The number of nitrogens with zero attached hydrogens (tertiary/aromatic N) is 1. The van der Waals surface area contributed by atoms with E-state index in [0.717, 1.165) is 0 Å². The minimum atomic E-state index is 0. The van der Waals surface area contributed by atoms with Crippen molar-refractivity contribution in [3.05, 3.63) is 18.3 Å². The van der Waals surface area contributed by atoms with Crippen molar-refractivity contribution in [2.45, 2.75) is 0 Å². The maximum absolute atomic E-state index is 4.96. The zero-order chi connectivity index (χ0) is 7.40. The van der Waals surface area contributed by atoms with Gasteiger partial charge in [0, 0.05) is 27.5 Å². The van der Waals surface area contributed by atoms with Gasteiger partial charge in [-0.2, -0.15) is 0 Å². The number of rotatable bonds is 2. The van der Waals surface area contributed by atoms with Gasteiger partial charge in [0.1, 0.15) is 0 Å². The molecule has 1 aromatic rings. The molecule has 0 radical (unpaired) electrons. The monoisotopic (exact) mass is 191 g/mol. The molecule has 4 heteroatoms. The summed E-state index contributed by atoms with van der Waals surface area (Å²) >= 11 is 0. The van der Waals surface area contributed by atoms with Crippen LogP contribution in [-0.2, 0) is 0 Å². The Kier molecular flexibility index (Phi) is 5.18. The topological polar surface area (TPSA) is 22.1 Å². The first kappa shape index (κ1) is 10.7. The molecule has 0 saturated carbocycles. The summed E-state index contributed by atoms with van der Waals surface area (Å²) in [5.41, 5.74) is 0. The lowest BCUT2D eigenvalue weighted by molar-refractivity contribution is -0.00000249. The van der Waals surface area contributed by atoms with E-state index < -0.39 is 0 Å². The third kappa shape index (κ3) is 3.04. The smallest absolute Gasteiger partial charge is 0.216 e. The number of hydrogen-bond acceptors (Lipinski definition) is 2. The fourth-order valence-corrected chi connectivity index (χ4v) is 1.30. The molecule has 11 heavy (non-hydrogen) atoms. The van der Waals surface area contributed by atoms with Crippen LogP contribution < -0.4 is 22.4 Å². The van der Waals surface area contributed by atoms with Crippen LogP contribution >= 0.6 is 8.58 Å². The molecule has 0 bridgehead atoms.